The minimum Gasteiger partial charge on any atom is -0.354 e. The van der Waals surface area contributed by atoms with Crippen molar-refractivity contribution in [2.75, 3.05) is 31.1 Å². The fourth-order valence-electron chi connectivity index (χ4n) is 3.07. The molecular weight excluding hydrogens is 290 g/mol. The van der Waals surface area contributed by atoms with Crippen molar-refractivity contribution >= 4 is 27.2 Å². The number of fused-ring (bicyclic) bond motifs is 1. The summed E-state index contributed by atoms with van der Waals surface area (Å²) in [6, 6.07) is 14.8. The van der Waals surface area contributed by atoms with Crippen LogP contribution in [0.4, 0.5) is 5.82 Å². The van der Waals surface area contributed by atoms with Crippen molar-refractivity contribution < 1.29 is 0 Å². The van der Waals surface area contributed by atoms with Crippen molar-refractivity contribution in [1.29, 1.82) is 0 Å². The molecule has 0 bridgehead atoms. The van der Waals surface area contributed by atoms with Gasteiger partial charge in [-0.05, 0) is 34.5 Å². The van der Waals surface area contributed by atoms with Gasteiger partial charge in [-0.25, -0.2) is 4.98 Å². The van der Waals surface area contributed by atoms with E-state index < -0.39 is 0 Å². The van der Waals surface area contributed by atoms with E-state index in [-0.39, 0.29) is 0 Å². The third-order valence-corrected chi connectivity index (χ3v) is 5.31. The number of aromatic nitrogens is 1. The quantitative estimate of drug-likeness (QED) is 0.736. The molecule has 1 aliphatic rings. The molecule has 0 spiro atoms. The Balaban J connectivity index is 1.42. The van der Waals surface area contributed by atoms with Crippen molar-refractivity contribution in [1.82, 2.24) is 9.88 Å². The maximum Gasteiger partial charge on any atom is 0.128 e. The Morgan fingerprint density at radius 1 is 0.955 bits per heavy atom. The lowest BCUT2D eigenvalue weighted by atomic mass is 10.1. The average Bonchev–Trinajstić information content (AvgIpc) is 3.00. The smallest absolute Gasteiger partial charge is 0.128 e. The van der Waals surface area contributed by atoms with Gasteiger partial charge in [-0.15, -0.1) is 11.3 Å². The lowest BCUT2D eigenvalue weighted by Crippen LogP contribution is -2.46. The Morgan fingerprint density at radius 2 is 1.77 bits per heavy atom. The number of hydrogen-bond acceptors (Lipinski definition) is 4. The largest absolute Gasteiger partial charge is 0.354 e. The molecule has 1 fully saturated rings. The van der Waals surface area contributed by atoms with Gasteiger partial charge in [0.1, 0.15) is 5.82 Å². The number of rotatable bonds is 3. The van der Waals surface area contributed by atoms with Crippen LogP contribution in [0.2, 0.25) is 0 Å². The first kappa shape index (κ1) is 13.7. The molecule has 1 aromatic carbocycles. The highest BCUT2D eigenvalue weighted by Gasteiger charge is 2.18. The normalized spacial score (nSPS) is 16.3. The number of hydrogen-bond donors (Lipinski definition) is 0. The van der Waals surface area contributed by atoms with Crippen LogP contribution in [-0.4, -0.2) is 36.1 Å². The summed E-state index contributed by atoms with van der Waals surface area (Å²) >= 11 is 1.85. The van der Waals surface area contributed by atoms with Crippen LogP contribution in [0.1, 0.15) is 5.56 Å². The molecule has 112 valence electrons. The van der Waals surface area contributed by atoms with Crippen molar-refractivity contribution in [2.24, 2.45) is 0 Å². The second kappa shape index (κ2) is 6.07. The lowest BCUT2D eigenvalue weighted by Gasteiger charge is -2.35. The van der Waals surface area contributed by atoms with Gasteiger partial charge in [-0.1, -0.05) is 24.3 Å². The van der Waals surface area contributed by atoms with Gasteiger partial charge < -0.3 is 4.90 Å². The highest BCUT2D eigenvalue weighted by Crippen LogP contribution is 2.27. The molecule has 0 aliphatic carbocycles. The summed E-state index contributed by atoms with van der Waals surface area (Å²) in [5.41, 5.74) is 1.46. The topological polar surface area (TPSA) is 19.4 Å². The first-order chi connectivity index (χ1) is 10.9. The number of pyridine rings is 1. The monoisotopic (exact) mass is 309 g/mol. The molecule has 22 heavy (non-hydrogen) atoms. The minimum atomic E-state index is 1.05. The first-order valence-electron chi connectivity index (χ1n) is 7.73. The van der Waals surface area contributed by atoms with Crippen LogP contribution in [0.5, 0.6) is 0 Å². The summed E-state index contributed by atoms with van der Waals surface area (Å²) in [6.07, 6.45) is 1.87. The molecular formula is C18H19N3S. The third kappa shape index (κ3) is 2.72. The van der Waals surface area contributed by atoms with Gasteiger partial charge in [0.05, 0.1) is 0 Å². The Labute approximate surface area is 134 Å². The molecule has 0 atom stereocenters. The van der Waals surface area contributed by atoms with Gasteiger partial charge in [0.25, 0.3) is 0 Å². The van der Waals surface area contributed by atoms with E-state index >= 15 is 0 Å². The number of nitrogens with zero attached hydrogens (tertiary/aromatic N) is 3. The molecule has 3 nitrogen and oxygen atoms in total. The van der Waals surface area contributed by atoms with Crippen LogP contribution < -0.4 is 4.90 Å². The Bertz CT molecular complexity index is 745. The van der Waals surface area contributed by atoms with Crippen molar-refractivity contribution in [2.45, 2.75) is 6.54 Å². The van der Waals surface area contributed by atoms with Gasteiger partial charge in [-0.3, -0.25) is 4.90 Å². The molecule has 0 unspecified atom stereocenters. The molecule has 3 heterocycles. The summed E-state index contributed by atoms with van der Waals surface area (Å²) in [7, 11) is 0. The predicted octanol–water partition coefficient (Wildman–Crippen LogP) is 3.62. The van der Waals surface area contributed by atoms with E-state index in [9.17, 15) is 0 Å². The van der Waals surface area contributed by atoms with E-state index in [2.05, 4.69) is 56.6 Å². The summed E-state index contributed by atoms with van der Waals surface area (Å²) in [5.74, 6) is 1.10. The van der Waals surface area contributed by atoms with Crippen LogP contribution in [0, 0.1) is 0 Å². The number of anilines is 1. The molecule has 4 rings (SSSR count). The van der Waals surface area contributed by atoms with Gasteiger partial charge in [-0.2, -0.15) is 0 Å². The zero-order chi connectivity index (χ0) is 14.8. The van der Waals surface area contributed by atoms with E-state index in [1.807, 2.05) is 23.6 Å². The maximum atomic E-state index is 4.45. The molecule has 1 aliphatic heterocycles. The molecule has 0 saturated carbocycles. The van der Waals surface area contributed by atoms with Crippen LogP contribution >= 0.6 is 11.3 Å². The zero-order valence-electron chi connectivity index (χ0n) is 12.5. The Morgan fingerprint density at radius 3 is 2.59 bits per heavy atom. The molecule has 0 amide bonds. The van der Waals surface area contributed by atoms with Gasteiger partial charge in [0.15, 0.2) is 0 Å². The maximum absolute atomic E-state index is 4.45. The SMILES string of the molecule is c1ccc(N2CCN(Cc3csc4ccccc34)CC2)nc1. The highest BCUT2D eigenvalue weighted by molar-refractivity contribution is 7.17. The van der Waals surface area contributed by atoms with Crippen LogP contribution in [0.3, 0.4) is 0 Å². The molecule has 2 aromatic heterocycles. The standard InChI is InChI=1S/C18H19N3S/c1-2-6-17-16(5-1)15(14-22-17)13-20-9-11-21(12-10-20)18-7-3-4-8-19-18/h1-8,14H,9-13H2. The Hall–Kier alpha value is -1.91. The van der Waals surface area contributed by atoms with E-state index in [0.29, 0.717) is 0 Å². The number of thiophene rings is 1. The third-order valence-electron chi connectivity index (χ3n) is 4.30. The van der Waals surface area contributed by atoms with Crippen LogP contribution in [0.25, 0.3) is 10.1 Å². The molecule has 4 heteroatoms. The van der Waals surface area contributed by atoms with Crippen molar-refractivity contribution in [3.63, 3.8) is 0 Å². The predicted molar refractivity (Wildman–Crippen MR) is 93.6 cm³/mol. The Kier molecular flexibility index (Phi) is 3.79. The fraction of sp³-hybridized carbons (Fsp3) is 0.278. The highest BCUT2D eigenvalue weighted by atomic mass is 32.1. The zero-order valence-corrected chi connectivity index (χ0v) is 13.3. The molecule has 3 aromatic rings. The van der Waals surface area contributed by atoms with Crippen molar-refractivity contribution in [3.8, 4) is 0 Å². The summed E-state index contributed by atoms with van der Waals surface area (Å²) in [4.78, 5) is 9.38. The van der Waals surface area contributed by atoms with Gasteiger partial charge in [0, 0.05) is 43.6 Å². The van der Waals surface area contributed by atoms with E-state index in [0.717, 1.165) is 38.5 Å². The van der Waals surface area contributed by atoms with E-state index in [1.165, 1.54) is 15.6 Å². The lowest BCUT2D eigenvalue weighted by molar-refractivity contribution is 0.250. The van der Waals surface area contributed by atoms with Crippen LogP contribution in [-0.2, 0) is 6.54 Å². The summed E-state index contributed by atoms with van der Waals surface area (Å²) < 4.78 is 1.39. The number of piperazine rings is 1. The molecule has 0 N–H and O–H groups in total. The number of benzene rings is 1. The summed E-state index contributed by atoms with van der Waals surface area (Å²) in [5, 5.41) is 3.73. The van der Waals surface area contributed by atoms with Gasteiger partial charge in [0.2, 0.25) is 0 Å². The van der Waals surface area contributed by atoms with Crippen molar-refractivity contribution in [3.05, 3.63) is 59.6 Å². The van der Waals surface area contributed by atoms with Crippen LogP contribution in [0.15, 0.2) is 54.0 Å². The summed E-state index contributed by atoms with van der Waals surface area (Å²) in [6.45, 7) is 5.36. The van der Waals surface area contributed by atoms with Gasteiger partial charge >= 0.3 is 0 Å². The fourth-order valence-corrected chi connectivity index (χ4v) is 4.03. The second-order valence-corrected chi connectivity index (χ2v) is 6.62. The second-order valence-electron chi connectivity index (χ2n) is 5.71. The first-order valence-corrected chi connectivity index (χ1v) is 8.61. The molecule has 1 saturated heterocycles. The minimum absolute atomic E-state index is 1.05. The molecule has 0 radical (unpaired) electrons. The van der Waals surface area contributed by atoms with E-state index in [1.54, 1.807) is 0 Å². The van der Waals surface area contributed by atoms with E-state index in [4.69, 9.17) is 0 Å². The average molecular weight is 309 g/mol.